The van der Waals surface area contributed by atoms with E-state index in [-0.39, 0.29) is 0 Å². The first-order valence-corrected chi connectivity index (χ1v) is 7.36. The van der Waals surface area contributed by atoms with Crippen LogP contribution in [0.25, 0.3) is 0 Å². The van der Waals surface area contributed by atoms with Crippen LogP contribution in [0.5, 0.6) is 0 Å². The fourth-order valence-corrected chi connectivity index (χ4v) is 3.16. The molecule has 1 aromatic carbocycles. The number of hydrogen-bond acceptors (Lipinski definition) is 1. The van der Waals surface area contributed by atoms with Crippen LogP contribution in [-0.4, -0.2) is 6.29 Å². The number of rotatable bonds is 5. The van der Waals surface area contributed by atoms with Crippen molar-refractivity contribution < 1.29 is 4.79 Å². The number of aldehydes is 1. The maximum absolute atomic E-state index is 11.0. The molecule has 1 saturated carbocycles. The molecule has 0 bridgehead atoms. The smallest absolute Gasteiger partial charge is 0.150 e. The third kappa shape index (κ3) is 3.44. The van der Waals surface area contributed by atoms with Gasteiger partial charge in [-0.15, -0.1) is 0 Å². The van der Waals surface area contributed by atoms with E-state index < -0.39 is 0 Å². The maximum Gasteiger partial charge on any atom is 0.150 e. The molecule has 1 heteroatoms. The van der Waals surface area contributed by atoms with Gasteiger partial charge in [0.2, 0.25) is 0 Å². The van der Waals surface area contributed by atoms with E-state index in [9.17, 15) is 4.79 Å². The standard InChI is InChI=1S/C17H24O/c1-2-14-7-9-15(10-8-14)11-12-16-5-3-4-6-17(16)13-18/h3-6,13-15H,2,7-12H2,1H3. The molecule has 0 saturated heterocycles. The summed E-state index contributed by atoms with van der Waals surface area (Å²) < 4.78 is 0. The molecule has 0 amide bonds. The molecule has 1 fully saturated rings. The van der Waals surface area contributed by atoms with Crippen LogP contribution in [0, 0.1) is 11.8 Å². The van der Waals surface area contributed by atoms with E-state index in [1.165, 1.54) is 44.1 Å². The lowest BCUT2D eigenvalue weighted by atomic mass is 9.78. The summed E-state index contributed by atoms with van der Waals surface area (Å²) in [7, 11) is 0. The molecule has 0 radical (unpaired) electrons. The molecule has 98 valence electrons. The topological polar surface area (TPSA) is 17.1 Å². The van der Waals surface area contributed by atoms with Gasteiger partial charge in [-0.05, 0) is 30.2 Å². The summed E-state index contributed by atoms with van der Waals surface area (Å²) in [5.41, 5.74) is 2.10. The Hall–Kier alpha value is -1.11. The number of benzene rings is 1. The number of carbonyl (C=O) groups excluding carboxylic acids is 1. The van der Waals surface area contributed by atoms with Gasteiger partial charge in [-0.2, -0.15) is 0 Å². The van der Waals surface area contributed by atoms with Gasteiger partial charge in [0.25, 0.3) is 0 Å². The fourth-order valence-electron chi connectivity index (χ4n) is 3.16. The van der Waals surface area contributed by atoms with Gasteiger partial charge in [0.1, 0.15) is 6.29 Å². The predicted octanol–water partition coefficient (Wildman–Crippen LogP) is 4.65. The molecule has 0 N–H and O–H groups in total. The lowest BCUT2D eigenvalue weighted by molar-refractivity contribution is 0.112. The molecule has 18 heavy (non-hydrogen) atoms. The highest BCUT2D eigenvalue weighted by Crippen LogP contribution is 2.33. The van der Waals surface area contributed by atoms with Crippen LogP contribution in [0.15, 0.2) is 24.3 Å². The summed E-state index contributed by atoms with van der Waals surface area (Å²) in [6.07, 6.45) is 10.3. The van der Waals surface area contributed by atoms with E-state index in [1.54, 1.807) is 0 Å². The van der Waals surface area contributed by atoms with E-state index in [2.05, 4.69) is 13.0 Å². The first kappa shape index (κ1) is 13.3. The molecule has 0 aliphatic heterocycles. The Labute approximate surface area is 111 Å². The van der Waals surface area contributed by atoms with Crippen molar-refractivity contribution in [1.29, 1.82) is 0 Å². The summed E-state index contributed by atoms with van der Waals surface area (Å²) in [5, 5.41) is 0. The van der Waals surface area contributed by atoms with Crippen molar-refractivity contribution in [3.63, 3.8) is 0 Å². The average molecular weight is 244 g/mol. The first-order valence-electron chi connectivity index (χ1n) is 7.36. The highest BCUT2D eigenvalue weighted by molar-refractivity contribution is 5.77. The summed E-state index contributed by atoms with van der Waals surface area (Å²) >= 11 is 0. The zero-order chi connectivity index (χ0) is 12.8. The summed E-state index contributed by atoms with van der Waals surface area (Å²) in [6, 6.07) is 8.01. The molecule has 1 nitrogen and oxygen atoms in total. The van der Waals surface area contributed by atoms with E-state index in [1.807, 2.05) is 18.2 Å². The van der Waals surface area contributed by atoms with Crippen molar-refractivity contribution in [3.05, 3.63) is 35.4 Å². The highest BCUT2D eigenvalue weighted by Gasteiger charge is 2.19. The Morgan fingerprint density at radius 1 is 1.11 bits per heavy atom. The van der Waals surface area contributed by atoms with Crippen LogP contribution < -0.4 is 0 Å². The molecule has 2 rings (SSSR count). The molecule has 1 aliphatic carbocycles. The Morgan fingerprint density at radius 2 is 1.78 bits per heavy atom. The zero-order valence-electron chi connectivity index (χ0n) is 11.4. The van der Waals surface area contributed by atoms with Gasteiger partial charge in [0.15, 0.2) is 0 Å². The quantitative estimate of drug-likeness (QED) is 0.689. The van der Waals surface area contributed by atoms with Crippen molar-refractivity contribution in [3.8, 4) is 0 Å². The van der Waals surface area contributed by atoms with E-state index in [0.29, 0.717) is 0 Å². The lowest BCUT2D eigenvalue weighted by Gasteiger charge is -2.27. The second-order valence-electron chi connectivity index (χ2n) is 5.65. The van der Waals surface area contributed by atoms with Crippen molar-refractivity contribution in [1.82, 2.24) is 0 Å². The van der Waals surface area contributed by atoms with Gasteiger partial charge in [-0.25, -0.2) is 0 Å². The van der Waals surface area contributed by atoms with Crippen LogP contribution in [0.4, 0.5) is 0 Å². The second kappa shape index (κ2) is 6.72. The minimum absolute atomic E-state index is 0.875. The first-order chi connectivity index (χ1) is 8.83. The van der Waals surface area contributed by atoms with Crippen molar-refractivity contribution in [2.45, 2.75) is 51.9 Å². The molecule has 0 atom stereocenters. The summed E-state index contributed by atoms with van der Waals surface area (Å²) in [5.74, 6) is 1.86. The third-order valence-corrected chi connectivity index (χ3v) is 4.55. The highest BCUT2D eigenvalue weighted by atomic mass is 16.1. The molecular formula is C17H24O. The van der Waals surface area contributed by atoms with Gasteiger partial charge in [0, 0.05) is 5.56 Å². The van der Waals surface area contributed by atoms with Crippen LogP contribution in [0.3, 0.4) is 0 Å². The van der Waals surface area contributed by atoms with Gasteiger partial charge in [0.05, 0.1) is 0 Å². The largest absolute Gasteiger partial charge is 0.298 e. The SMILES string of the molecule is CCC1CCC(CCc2ccccc2C=O)CC1. The number of hydrogen-bond donors (Lipinski definition) is 0. The number of carbonyl (C=O) groups is 1. The zero-order valence-corrected chi connectivity index (χ0v) is 11.4. The molecule has 0 heterocycles. The minimum atomic E-state index is 0.875. The Morgan fingerprint density at radius 3 is 2.44 bits per heavy atom. The van der Waals surface area contributed by atoms with Gasteiger partial charge < -0.3 is 0 Å². The fraction of sp³-hybridized carbons (Fsp3) is 0.588. The molecule has 1 aromatic rings. The minimum Gasteiger partial charge on any atom is -0.298 e. The number of aryl methyl sites for hydroxylation is 1. The lowest BCUT2D eigenvalue weighted by Crippen LogP contribution is -2.14. The Balaban J connectivity index is 1.83. The predicted molar refractivity (Wildman–Crippen MR) is 75.9 cm³/mol. The molecular weight excluding hydrogens is 220 g/mol. The van der Waals surface area contributed by atoms with Crippen molar-refractivity contribution in [2.24, 2.45) is 11.8 Å². The average Bonchev–Trinajstić information content (AvgIpc) is 2.46. The second-order valence-corrected chi connectivity index (χ2v) is 5.65. The van der Waals surface area contributed by atoms with Gasteiger partial charge in [-0.1, -0.05) is 63.3 Å². The summed E-state index contributed by atoms with van der Waals surface area (Å²) in [4.78, 5) is 11.0. The third-order valence-electron chi connectivity index (χ3n) is 4.55. The Kier molecular flexibility index (Phi) is 4.98. The van der Waals surface area contributed by atoms with E-state index >= 15 is 0 Å². The van der Waals surface area contributed by atoms with Crippen LogP contribution in [-0.2, 0) is 6.42 Å². The molecule has 0 aromatic heterocycles. The molecule has 1 aliphatic rings. The van der Waals surface area contributed by atoms with Crippen LogP contribution in [0.1, 0.15) is 61.4 Å². The maximum atomic E-state index is 11.0. The Bertz CT molecular complexity index is 375. The normalized spacial score (nSPS) is 23.8. The van der Waals surface area contributed by atoms with Gasteiger partial charge in [-0.3, -0.25) is 4.79 Å². The summed E-state index contributed by atoms with van der Waals surface area (Å²) in [6.45, 7) is 2.31. The van der Waals surface area contributed by atoms with Crippen molar-refractivity contribution >= 4 is 6.29 Å². The van der Waals surface area contributed by atoms with Crippen molar-refractivity contribution in [2.75, 3.05) is 0 Å². The van der Waals surface area contributed by atoms with E-state index in [0.717, 1.165) is 30.1 Å². The van der Waals surface area contributed by atoms with Crippen LogP contribution in [0.2, 0.25) is 0 Å². The van der Waals surface area contributed by atoms with Gasteiger partial charge >= 0.3 is 0 Å². The van der Waals surface area contributed by atoms with E-state index in [4.69, 9.17) is 0 Å². The molecule has 0 spiro atoms. The monoisotopic (exact) mass is 244 g/mol. The van der Waals surface area contributed by atoms with Crippen LogP contribution >= 0.6 is 0 Å². The molecule has 0 unspecified atom stereocenters.